The SMILES string of the molecule is CCc1cn(C2OC(CO)C(O)C2C(C)(C)C)c2ncnc(N)c12. The van der Waals surface area contributed by atoms with Crippen molar-refractivity contribution in [2.24, 2.45) is 11.3 Å². The lowest BCUT2D eigenvalue weighted by molar-refractivity contribution is -0.0486. The molecule has 0 radical (unpaired) electrons. The molecule has 0 saturated carbocycles. The van der Waals surface area contributed by atoms with Crippen molar-refractivity contribution >= 4 is 16.9 Å². The van der Waals surface area contributed by atoms with Gasteiger partial charge in [0.05, 0.1) is 18.1 Å². The van der Waals surface area contributed by atoms with Crippen LogP contribution in [0.2, 0.25) is 0 Å². The number of ether oxygens (including phenoxy) is 1. The molecule has 3 heterocycles. The number of fused-ring (bicyclic) bond motifs is 1. The predicted octanol–water partition coefficient (Wildman–Crippen LogP) is 1.49. The number of aryl methyl sites for hydroxylation is 1. The van der Waals surface area contributed by atoms with Gasteiger partial charge >= 0.3 is 0 Å². The van der Waals surface area contributed by atoms with Gasteiger partial charge in [0.15, 0.2) is 0 Å². The topological polar surface area (TPSA) is 106 Å². The summed E-state index contributed by atoms with van der Waals surface area (Å²) >= 11 is 0. The third-order valence-electron chi connectivity index (χ3n) is 4.92. The van der Waals surface area contributed by atoms with Crippen molar-refractivity contribution in [1.82, 2.24) is 14.5 Å². The molecule has 7 heteroatoms. The molecular formula is C17H26N4O3. The zero-order chi connectivity index (χ0) is 17.6. The molecule has 7 nitrogen and oxygen atoms in total. The van der Waals surface area contributed by atoms with Gasteiger partial charge in [-0.1, -0.05) is 27.7 Å². The Morgan fingerprint density at radius 1 is 1.33 bits per heavy atom. The normalized spacial score (nSPS) is 27.9. The average Bonchev–Trinajstić information content (AvgIpc) is 3.05. The number of rotatable bonds is 3. The van der Waals surface area contributed by atoms with Crippen LogP contribution in [0.15, 0.2) is 12.5 Å². The molecule has 3 rings (SSSR count). The van der Waals surface area contributed by atoms with E-state index in [4.69, 9.17) is 10.5 Å². The first kappa shape index (κ1) is 17.1. The first-order valence-corrected chi connectivity index (χ1v) is 8.33. The van der Waals surface area contributed by atoms with Crippen molar-refractivity contribution in [3.05, 3.63) is 18.1 Å². The van der Waals surface area contributed by atoms with Gasteiger partial charge < -0.3 is 25.3 Å². The summed E-state index contributed by atoms with van der Waals surface area (Å²) < 4.78 is 7.95. The largest absolute Gasteiger partial charge is 0.394 e. The quantitative estimate of drug-likeness (QED) is 0.785. The summed E-state index contributed by atoms with van der Waals surface area (Å²) in [5.74, 6) is 0.256. The maximum Gasteiger partial charge on any atom is 0.147 e. The molecule has 0 aromatic carbocycles. The van der Waals surface area contributed by atoms with Crippen molar-refractivity contribution < 1.29 is 14.9 Å². The van der Waals surface area contributed by atoms with Crippen molar-refractivity contribution in [3.8, 4) is 0 Å². The van der Waals surface area contributed by atoms with Crippen LogP contribution in [0.3, 0.4) is 0 Å². The summed E-state index contributed by atoms with van der Waals surface area (Å²) in [6.07, 6.45) is 2.43. The van der Waals surface area contributed by atoms with Crippen LogP contribution in [0, 0.1) is 11.3 Å². The van der Waals surface area contributed by atoms with Gasteiger partial charge in [-0.25, -0.2) is 9.97 Å². The first-order valence-electron chi connectivity index (χ1n) is 8.33. The highest BCUT2D eigenvalue weighted by molar-refractivity contribution is 5.89. The van der Waals surface area contributed by atoms with E-state index in [9.17, 15) is 10.2 Å². The van der Waals surface area contributed by atoms with Crippen LogP contribution in [-0.2, 0) is 11.2 Å². The highest BCUT2D eigenvalue weighted by Crippen LogP contribution is 2.46. The monoisotopic (exact) mass is 334 g/mol. The molecule has 24 heavy (non-hydrogen) atoms. The smallest absolute Gasteiger partial charge is 0.147 e. The second-order valence-electron chi connectivity index (χ2n) is 7.50. The number of hydrogen-bond donors (Lipinski definition) is 3. The molecule has 1 aliphatic rings. The fraction of sp³-hybridized carbons (Fsp3) is 0.647. The van der Waals surface area contributed by atoms with Crippen LogP contribution >= 0.6 is 0 Å². The van der Waals surface area contributed by atoms with E-state index in [0.29, 0.717) is 11.5 Å². The third-order valence-corrected chi connectivity index (χ3v) is 4.92. The third kappa shape index (κ3) is 2.56. The molecule has 132 valence electrons. The minimum atomic E-state index is -0.748. The summed E-state index contributed by atoms with van der Waals surface area (Å²) in [5.41, 5.74) is 7.58. The van der Waals surface area contributed by atoms with Crippen molar-refractivity contribution in [2.75, 3.05) is 12.3 Å². The van der Waals surface area contributed by atoms with Gasteiger partial charge in [-0.3, -0.25) is 0 Å². The average molecular weight is 334 g/mol. The Balaban J connectivity index is 2.17. The second kappa shape index (κ2) is 5.98. The number of anilines is 1. The molecule has 0 bridgehead atoms. The molecule has 1 fully saturated rings. The Bertz CT molecular complexity index is 737. The lowest BCUT2D eigenvalue weighted by Crippen LogP contribution is -2.37. The van der Waals surface area contributed by atoms with E-state index in [2.05, 4.69) is 30.7 Å². The van der Waals surface area contributed by atoms with E-state index in [1.165, 1.54) is 6.33 Å². The van der Waals surface area contributed by atoms with Gasteiger partial charge in [0.1, 0.15) is 30.1 Å². The van der Waals surface area contributed by atoms with Gasteiger partial charge in [-0.05, 0) is 17.4 Å². The van der Waals surface area contributed by atoms with Crippen molar-refractivity contribution in [3.63, 3.8) is 0 Å². The number of aromatic nitrogens is 3. The Hall–Kier alpha value is -1.70. The van der Waals surface area contributed by atoms with Crippen molar-refractivity contribution in [2.45, 2.75) is 52.6 Å². The fourth-order valence-electron chi connectivity index (χ4n) is 3.72. The van der Waals surface area contributed by atoms with Gasteiger partial charge in [-0.15, -0.1) is 0 Å². The minimum absolute atomic E-state index is 0.189. The standard InChI is InChI=1S/C17H26N4O3/c1-5-9-6-21(15-11(9)14(18)19-8-20-15)16-12(17(2,3)4)13(23)10(7-22)24-16/h6,8,10,12-13,16,22-23H,5,7H2,1-4H3,(H2,18,19,20). The molecular weight excluding hydrogens is 308 g/mol. The number of nitrogen functional groups attached to an aromatic ring is 1. The lowest BCUT2D eigenvalue weighted by atomic mass is 9.76. The highest BCUT2D eigenvalue weighted by atomic mass is 16.5. The van der Waals surface area contributed by atoms with Crippen LogP contribution in [0.5, 0.6) is 0 Å². The van der Waals surface area contributed by atoms with Crippen LogP contribution in [0.1, 0.15) is 39.5 Å². The molecule has 1 aliphatic heterocycles. The van der Waals surface area contributed by atoms with Crippen LogP contribution in [0.25, 0.3) is 11.0 Å². The number of hydrogen-bond acceptors (Lipinski definition) is 6. The Morgan fingerprint density at radius 3 is 2.62 bits per heavy atom. The summed E-state index contributed by atoms with van der Waals surface area (Å²) in [6.45, 7) is 8.02. The summed E-state index contributed by atoms with van der Waals surface area (Å²) in [7, 11) is 0. The predicted molar refractivity (Wildman–Crippen MR) is 91.3 cm³/mol. The molecule has 2 aromatic rings. The maximum absolute atomic E-state index is 10.7. The van der Waals surface area contributed by atoms with E-state index in [-0.39, 0.29) is 17.9 Å². The Kier molecular flexibility index (Phi) is 4.27. The van der Waals surface area contributed by atoms with Gasteiger partial charge in [0.2, 0.25) is 0 Å². The number of aliphatic hydroxyl groups excluding tert-OH is 2. The molecule has 2 aromatic heterocycles. The van der Waals surface area contributed by atoms with Crippen molar-refractivity contribution in [1.29, 1.82) is 0 Å². The van der Waals surface area contributed by atoms with Gasteiger partial charge in [0.25, 0.3) is 0 Å². The van der Waals surface area contributed by atoms with E-state index >= 15 is 0 Å². The number of nitrogens with zero attached hydrogens (tertiary/aromatic N) is 3. The molecule has 0 amide bonds. The molecule has 0 aliphatic carbocycles. The van der Waals surface area contributed by atoms with E-state index in [0.717, 1.165) is 17.4 Å². The zero-order valence-corrected chi connectivity index (χ0v) is 14.6. The molecule has 4 N–H and O–H groups in total. The summed E-state index contributed by atoms with van der Waals surface area (Å²) in [6, 6.07) is 0. The van der Waals surface area contributed by atoms with Crippen LogP contribution < -0.4 is 5.73 Å². The number of aliphatic hydroxyl groups is 2. The summed E-state index contributed by atoms with van der Waals surface area (Å²) in [4.78, 5) is 8.49. The molecule has 4 unspecified atom stereocenters. The Labute approximate surface area is 141 Å². The van der Waals surface area contributed by atoms with E-state index < -0.39 is 18.4 Å². The van der Waals surface area contributed by atoms with E-state index in [1.807, 2.05) is 17.7 Å². The minimum Gasteiger partial charge on any atom is -0.394 e. The fourth-order valence-corrected chi connectivity index (χ4v) is 3.72. The Morgan fingerprint density at radius 2 is 2.04 bits per heavy atom. The summed E-state index contributed by atoms with van der Waals surface area (Å²) in [5, 5.41) is 21.0. The lowest BCUT2D eigenvalue weighted by Gasteiger charge is -2.33. The molecule has 1 saturated heterocycles. The maximum atomic E-state index is 10.7. The van der Waals surface area contributed by atoms with Crippen LogP contribution in [-0.4, -0.2) is 43.6 Å². The molecule has 0 spiro atoms. The van der Waals surface area contributed by atoms with Gasteiger partial charge in [0, 0.05) is 12.1 Å². The number of nitrogens with two attached hydrogens (primary N) is 1. The zero-order valence-electron chi connectivity index (χ0n) is 14.6. The van der Waals surface area contributed by atoms with Gasteiger partial charge in [-0.2, -0.15) is 0 Å². The first-order chi connectivity index (χ1) is 11.3. The molecule has 4 atom stereocenters. The highest BCUT2D eigenvalue weighted by Gasteiger charge is 2.50. The second-order valence-corrected chi connectivity index (χ2v) is 7.50. The van der Waals surface area contributed by atoms with Crippen LogP contribution in [0.4, 0.5) is 5.82 Å². The van der Waals surface area contributed by atoms with E-state index in [1.54, 1.807) is 0 Å².